The molecule has 1 aromatic heterocycles. The number of rotatable bonds is 9. The van der Waals surface area contributed by atoms with Crippen molar-refractivity contribution in [3.63, 3.8) is 0 Å². The number of carboxylic acid groups (broad SMARTS) is 1. The van der Waals surface area contributed by atoms with Crippen LogP contribution in [0, 0.1) is 0 Å². The first kappa shape index (κ1) is 19.8. The zero-order valence-electron chi connectivity index (χ0n) is 15.9. The van der Waals surface area contributed by atoms with E-state index in [0.717, 1.165) is 50.8 Å². The zero-order chi connectivity index (χ0) is 19.8. The number of piperazine rings is 1. The van der Waals surface area contributed by atoms with Gasteiger partial charge in [0.15, 0.2) is 5.78 Å². The van der Waals surface area contributed by atoms with E-state index in [1.807, 2.05) is 36.5 Å². The van der Waals surface area contributed by atoms with Crippen molar-refractivity contribution in [3.05, 3.63) is 54.2 Å². The zero-order valence-corrected chi connectivity index (χ0v) is 15.9. The summed E-state index contributed by atoms with van der Waals surface area (Å²) in [5.74, 6) is -0.0505. The Bertz CT molecular complexity index is 772. The molecule has 0 amide bonds. The molecule has 1 aliphatic heterocycles. The van der Waals surface area contributed by atoms with E-state index in [-0.39, 0.29) is 18.6 Å². The SMILES string of the molecule is O=C(O)CCC(=O)c1ccc(NCCN2CCN(c3ccccn3)CC2)cc1. The fraction of sp³-hybridized carbons (Fsp3) is 0.381. The lowest BCUT2D eigenvalue weighted by Crippen LogP contribution is -2.47. The number of aromatic nitrogens is 1. The van der Waals surface area contributed by atoms with Crippen molar-refractivity contribution >= 4 is 23.3 Å². The van der Waals surface area contributed by atoms with Crippen LogP contribution in [0.25, 0.3) is 0 Å². The Morgan fingerprint density at radius 1 is 1.00 bits per heavy atom. The molecule has 0 spiro atoms. The Kier molecular flexibility index (Phi) is 6.97. The normalized spacial score (nSPS) is 14.6. The molecule has 148 valence electrons. The topological polar surface area (TPSA) is 85.8 Å². The van der Waals surface area contributed by atoms with Crippen molar-refractivity contribution in [2.24, 2.45) is 0 Å². The Labute approximate surface area is 165 Å². The van der Waals surface area contributed by atoms with Gasteiger partial charge in [0.25, 0.3) is 0 Å². The molecule has 1 aromatic carbocycles. The quantitative estimate of drug-likeness (QED) is 0.644. The molecule has 28 heavy (non-hydrogen) atoms. The lowest BCUT2D eigenvalue weighted by atomic mass is 10.1. The summed E-state index contributed by atoms with van der Waals surface area (Å²) in [5, 5.41) is 12.0. The highest BCUT2D eigenvalue weighted by atomic mass is 16.4. The van der Waals surface area contributed by atoms with Crippen molar-refractivity contribution in [2.75, 3.05) is 49.5 Å². The number of Topliss-reactive ketones (excluding diaryl/α,β-unsaturated/α-hetero) is 1. The highest BCUT2D eigenvalue weighted by Gasteiger charge is 2.17. The maximum atomic E-state index is 11.9. The minimum absolute atomic E-state index is 0.0343. The van der Waals surface area contributed by atoms with Gasteiger partial charge in [-0.3, -0.25) is 14.5 Å². The van der Waals surface area contributed by atoms with Crippen LogP contribution in [0.5, 0.6) is 0 Å². The van der Waals surface area contributed by atoms with Crippen molar-refractivity contribution in [1.82, 2.24) is 9.88 Å². The molecule has 0 unspecified atom stereocenters. The number of carbonyl (C=O) groups excluding carboxylic acids is 1. The summed E-state index contributed by atoms with van der Waals surface area (Å²) < 4.78 is 0. The predicted molar refractivity (Wildman–Crippen MR) is 109 cm³/mol. The van der Waals surface area contributed by atoms with Crippen LogP contribution >= 0.6 is 0 Å². The molecule has 1 aliphatic rings. The largest absolute Gasteiger partial charge is 0.481 e. The van der Waals surface area contributed by atoms with E-state index in [9.17, 15) is 9.59 Å². The summed E-state index contributed by atoms with van der Waals surface area (Å²) in [5.41, 5.74) is 1.51. The number of hydrogen-bond donors (Lipinski definition) is 2. The molecule has 1 saturated heterocycles. The van der Waals surface area contributed by atoms with E-state index in [0.29, 0.717) is 5.56 Å². The number of pyridine rings is 1. The van der Waals surface area contributed by atoms with Gasteiger partial charge >= 0.3 is 5.97 Å². The minimum atomic E-state index is -0.951. The molecule has 0 bridgehead atoms. The molecule has 3 rings (SSSR count). The number of nitrogens with one attached hydrogen (secondary N) is 1. The van der Waals surface area contributed by atoms with Crippen LogP contribution in [-0.4, -0.2) is 66.0 Å². The van der Waals surface area contributed by atoms with Gasteiger partial charge in [-0.15, -0.1) is 0 Å². The van der Waals surface area contributed by atoms with Crippen LogP contribution in [0.4, 0.5) is 11.5 Å². The molecule has 0 saturated carbocycles. The second kappa shape index (κ2) is 9.85. The molecule has 2 N–H and O–H groups in total. The van der Waals surface area contributed by atoms with Crippen LogP contribution in [0.3, 0.4) is 0 Å². The second-order valence-corrected chi connectivity index (χ2v) is 6.84. The average Bonchev–Trinajstić information content (AvgIpc) is 2.73. The third-order valence-electron chi connectivity index (χ3n) is 4.88. The second-order valence-electron chi connectivity index (χ2n) is 6.84. The fourth-order valence-electron chi connectivity index (χ4n) is 3.24. The Hall–Kier alpha value is -2.93. The van der Waals surface area contributed by atoms with Gasteiger partial charge in [0.1, 0.15) is 5.82 Å². The standard InChI is InChI=1S/C21H26N4O3/c26-19(8-9-21(27)28)17-4-6-18(7-5-17)22-11-12-24-13-15-25(16-14-24)20-3-1-2-10-23-20/h1-7,10,22H,8-9,11-16H2,(H,27,28). The highest BCUT2D eigenvalue weighted by molar-refractivity contribution is 5.97. The summed E-state index contributed by atoms with van der Waals surface area (Å²) >= 11 is 0. The van der Waals surface area contributed by atoms with Crippen LogP contribution in [0.15, 0.2) is 48.7 Å². The lowest BCUT2D eigenvalue weighted by molar-refractivity contribution is -0.136. The number of carbonyl (C=O) groups is 2. The van der Waals surface area contributed by atoms with E-state index in [4.69, 9.17) is 5.11 Å². The summed E-state index contributed by atoms with van der Waals surface area (Å²) in [6, 6.07) is 13.2. The summed E-state index contributed by atoms with van der Waals surface area (Å²) in [4.78, 5) is 31.6. The van der Waals surface area contributed by atoms with E-state index < -0.39 is 5.97 Å². The van der Waals surface area contributed by atoms with Crippen LogP contribution in [-0.2, 0) is 4.79 Å². The maximum absolute atomic E-state index is 11.9. The number of nitrogens with zero attached hydrogens (tertiary/aromatic N) is 3. The number of anilines is 2. The molecule has 0 atom stereocenters. The smallest absolute Gasteiger partial charge is 0.303 e. The van der Waals surface area contributed by atoms with Gasteiger partial charge in [-0.25, -0.2) is 4.98 Å². The molecule has 7 nitrogen and oxygen atoms in total. The molecule has 1 fully saturated rings. The monoisotopic (exact) mass is 382 g/mol. The summed E-state index contributed by atoms with van der Waals surface area (Å²) in [6.45, 7) is 5.75. The summed E-state index contributed by atoms with van der Waals surface area (Å²) in [7, 11) is 0. The molecule has 2 aromatic rings. The Morgan fingerprint density at radius 3 is 2.39 bits per heavy atom. The molecular formula is C21H26N4O3. The van der Waals surface area contributed by atoms with Crippen LogP contribution in [0.2, 0.25) is 0 Å². The molecule has 0 aliphatic carbocycles. The van der Waals surface area contributed by atoms with E-state index in [2.05, 4.69) is 20.1 Å². The molecule has 0 radical (unpaired) electrons. The van der Waals surface area contributed by atoms with Gasteiger partial charge < -0.3 is 15.3 Å². The van der Waals surface area contributed by atoms with Crippen LogP contribution < -0.4 is 10.2 Å². The van der Waals surface area contributed by atoms with Gasteiger partial charge in [-0.05, 0) is 36.4 Å². The number of aliphatic carboxylic acids is 1. The van der Waals surface area contributed by atoms with E-state index in [1.54, 1.807) is 12.1 Å². The number of hydrogen-bond acceptors (Lipinski definition) is 6. The van der Waals surface area contributed by atoms with Crippen molar-refractivity contribution < 1.29 is 14.7 Å². The third kappa shape index (κ3) is 5.79. The fourth-order valence-corrected chi connectivity index (χ4v) is 3.24. The Morgan fingerprint density at radius 2 is 1.75 bits per heavy atom. The van der Waals surface area contributed by atoms with Gasteiger partial charge in [0.2, 0.25) is 0 Å². The number of ketones is 1. The predicted octanol–water partition coefficient (Wildman–Crippen LogP) is 2.36. The molecule has 2 heterocycles. The first-order chi connectivity index (χ1) is 13.6. The first-order valence-corrected chi connectivity index (χ1v) is 9.59. The minimum Gasteiger partial charge on any atom is -0.481 e. The maximum Gasteiger partial charge on any atom is 0.303 e. The van der Waals surface area contributed by atoms with Gasteiger partial charge in [-0.2, -0.15) is 0 Å². The van der Waals surface area contributed by atoms with Crippen LogP contribution in [0.1, 0.15) is 23.2 Å². The average molecular weight is 382 g/mol. The lowest BCUT2D eigenvalue weighted by Gasteiger charge is -2.35. The number of carboxylic acids is 1. The van der Waals surface area contributed by atoms with Crippen molar-refractivity contribution in [2.45, 2.75) is 12.8 Å². The van der Waals surface area contributed by atoms with Crippen molar-refractivity contribution in [1.29, 1.82) is 0 Å². The van der Waals surface area contributed by atoms with Gasteiger partial charge in [0.05, 0.1) is 6.42 Å². The third-order valence-corrected chi connectivity index (χ3v) is 4.88. The van der Waals surface area contributed by atoms with E-state index in [1.165, 1.54) is 0 Å². The number of benzene rings is 1. The molecule has 7 heteroatoms. The molecular weight excluding hydrogens is 356 g/mol. The summed E-state index contributed by atoms with van der Waals surface area (Å²) in [6.07, 6.45) is 1.73. The first-order valence-electron chi connectivity index (χ1n) is 9.59. The highest BCUT2D eigenvalue weighted by Crippen LogP contribution is 2.14. The van der Waals surface area contributed by atoms with Crippen molar-refractivity contribution in [3.8, 4) is 0 Å². The van der Waals surface area contributed by atoms with Gasteiger partial charge in [0, 0.05) is 63.1 Å². The van der Waals surface area contributed by atoms with Gasteiger partial charge in [-0.1, -0.05) is 6.07 Å². The van der Waals surface area contributed by atoms with E-state index >= 15 is 0 Å². The Balaban J connectivity index is 1.37.